The third kappa shape index (κ3) is 4.43. The summed E-state index contributed by atoms with van der Waals surface area (Å²) in [6.07, 6.45) is 1.16. The lowest BCUT2D eigenvalue weighted by atomic mass is 10.1. The van der Waals surface area contributed by atoms with Gasteiger partial charge in [0, 0.05) is 12.1 Å². The van der Waals surface area contributed by atoms with Crippen LogP contribution in [0.2, 0.25) is 0 Å². The fourth-order valence-electron chi connectivity index (χ4n) is 1.87. The van der Waals surface area contributed by atoms with E-state index in [1.54, 1.807) is 49.4 Å². The molecule has 0 fully saturated rings. The summed E-state index contributed by atoms with van der Waals surface area (Å²) >= 11 is 0. The molecule has 2 aromatic rings. The van der Waals surface area contributed by atoms with E-state index in [0.717, 1.165) is 5.56 Å². The minimum atomic E-state index is -3.56. The van der Waals surface area contributed by atoms with Gasteiger partial charge in [-0.1, -0.05) is 30.3 Å². The van der Waals surface area contributed by atoms with Crippen LogP contribution in [0.15, 0.2) is 59.5 Å². The van der Waals surface area contributed by atoms with E-state index in [4.69, 9.17) is 0 Å². The number of anilines is 1. The summed E-state index contributed by atoms with van der Waals surface area (Å²) in [5.74, 6) is 0.142. The number of rotatable bonds is 6. The molecule has 0 saturated carbocycles. The average Bonchev–Trinajstić information content (AvgIpc) is 2.47. The van der Waals surface area contributed by atoms with E-state index in [1.165, 1.54) is 0 Å². The van der Waals surface area contributed by atoms with Crippen LogP contribution < -0.4 is 4.72 Å². The molecule has 0 amide bonds. The highest BCUT2D eigenvalue weighted by Crippen LogP contribution is 2.17. The Bertz CT molecular complexity index is 707. The summed E-state index contributed by atoms with van der Waals surface area (Å²) in [5, 5.41) is 0. The van der Waals surface area contributed by atoms with Gasteiger partial charge in [-0.3, -0.25) is 4.72 Å². The fraction of sp³-hybridized carbons (Fsp3) is 0.188. The van der Waals surface area contributed by atoms with Gasteiger partial charge in [-0.15, -0.1) is 0 Å². The first-order chi connectivity index (χ1) is 9.97. The Kier molecular flexibility index (Phi) is 4.75. The maximum absolute atomic E-state index is 12.1. The lowest BCUT2D eigenvalue weighted by Gasteiger charge is -2.08. The molecule has 2 rings (SSSR count). The molecule has 1 N–H and O–H groups in total. The molecule has 0 bridgehead atoms. The van der Waals surface area contributed by atoms with Crippen LogP contribution in [0.3, 0.4) is 0 Å². The Morgan fingerprint density at radius 2 is 1.62 bits per heavy atom. The lowest BCUT2D eigenvalue weighted by Crippen LogP contribution is -2.12. The van der Waals surface area contributed by atoms with Crippen molar-refractivity contribution in [1.82, 2.24) is 0 Å². The summed E-state index contributed by atoms with van der Waals surface area (Å²) < 4.78 is 26.8. The van der Waals surface area contributed by atoms with Crippen molar-refractivity contribution in [3.63, 3.8) is 0 Å². The normalized spacial score (nSPS) is 11.1. The zero-order chi connectivity index (χ0) is 15.3. The number of nitrogens with one attached hydrogen (secondary N) is 1. The van der Waals surface area contributed by atoms with Crippen molar-refractivity contribution >= 4 is 21.5 Å². The zero-order valence-corrected chi connectivity index (χ0v) is 12.6. The van der Waals surface area contributed by atoms with Crippen molar-refractivity contribution in [3.05, 3.63) is 60.2 Å². The molecular formula is C16H17NO3S. The van der Waals surface area contributed by atoms with Gasteiger partial charge in [0.05, 0.1) is 4.90 Å². The molecular weight excluding hydrogens is 286 g/mol. The van der Waals surface area contributed by atoms with Crippen LogP contribution in [-0.4, -0.2) is 14.2 Å². The molecule has 21 heavy (non-hydrogen) atoms. The largest absolute Gasteiger partial charge is 0.300 e. The number of sulfonamides is 1. The summed E-state index contributed by atoms with van der Waals surface area (Å²) in [7, 11) is -3.56. The molecule has 0 spiro atoms. The Balaban J connectivity index is 2.08. The number of carbonyl (C=O) groups excluding carboxylic acids is 1. The minimum Gasteiger partial charge on any atom is -0.300 e. The maximum Gasteiger partial charge on any atom is 0.261 e. The second-order valence-corrected chi connectivity index (χ2v) is 6.50. The monoisotopic (exact) mass is 303 g/mol. The van der Waals surface area contributed by atoms with Gasteiger partial charge in [0.1, 0.15) is 5.78 Å². The predicted octanol–water partition coefficient (Wildman–Crippen LogP) is 3.01. The van der Waals surface area contributed by atoms with E-state index in [9.17, 15) is 13.2 Å². The first-order valence-corrected chi connectivity index (χ1v) is 8.12. The highest BCUT2D eigenvalue weighted by Gasteiger charge is 2.13. The van der Waals surface area contributed by atoms with Crippen LogP contribution in [0, 0.1) is 0 Å². The predicted molar refractivity (Wildman–Crippen MR) is 82.7 cm³/mol. The Morgan fingerprint density at radius 3 is 2.19 bits per heavy atom. The van der Waals surface area contributed by atoms with Gasteiger partial charge in [-0.05, 0) is 43.2 Å². The zero-order valence-electron chi connectivity index (χ0n) is 11.7. The molecule has 0 aliphatic heterocycles. The Hall–Kier alpha value is -2.14. The Labute approximate surface area is 124 Å². The molecule has 0 unspecified atom stereocenters. The first-order valence-electron chi connectivity index (χ1n) is 6.63. The first kappa shape index (κ1) is 15.3. The van der Waals surface area contributed by atoms with E-state index in [-0.39, 0.29) is 10.7 Å². The molecule has 4 nitrogen and oxygen atoms in total. The second kappa shape index (κ2) is 6.54. The van der Waals surface area contributed by atoms with Crippen molar-refractivity contribution in [2.75, 3.05) is 4.72 Å². The lowest BCUT2D eigenvalue weighted by molar-refractivity contribution is -0.116. The second-order valence-electron chi connectivity index (χ2n) is 4.82. The molecule has 110 valence electrons. The molecule has 0 aliphatic rings. The van der Waals surface area contributed by atoms with Crippen molar-refractivity contribution in [2.45, 2.75) is 24.7 Å². The van der Waals surface area contributed by atoms with Crippen LogP contribution in [0.1, 0.15) is 18.9 Å². The quantitative estimate of drug-likeness (QED) is 0.892. The molecule has 0 aliphatic carbocycles. The van der Waals surface area contributed by atoms with Gasteiger partial charge in [-0.25, -0.2) is 8.42 Å². The molecule has 0 atom stereocenters. The van der Waals surface area contributed by atoms with E-state index < -0.39 is 10.0 Å². The van der Waals surface area contributed by atoms with Crippen molar-refractivity contribution in [3.8, 4) is 0 Å². The number of hydrogen-bond donors (Lipinski definition) is 1. The van der Waals surface area contributed by atoms with E-state index in [1.807, 2.05) is 12.1 Å². The summed E-state index contributed by atoms with van der Waals surface area (Å²) in [6.45, 7) is 1.56. The summed E-state index contributed by atoms with van der Waals surface area (Å²) in [6, 6.07) is 15.3. The van der Waals surface area contributed by atoms with Crippen molar-refractivity contribution in [2.24, 2.45) is 0 Å². The van der Waals surface area contributed by atoms with Gasteiger partial charge >= 0.3 is 0 Å². The van der Waals surface area contributed by atoms with E-state index in [0.29, 0.717) is 18.5 Å². The van der Waals surface area contributed by atoms with Gasteiger partial charge < -0.3 is 4.79 Å². The topological polar surface area (TPSA) is 63.2 Å². The molecule has 0 heterocycles. The molecule has 0 aromatic heterocycles. The fourth-order valence-corrected chi connectivity index (χ4v) is 2.95. The highest BCUT2D eigenvalue weighted by molar-refractivity contribution is 7.92. The molecule has 5 heteroatoms. The number of hydrogen-bond acceptors (Lipinski definition) is 3. The number of aryl methyl sites for hydroxylation is 1. The smallest absolute Gasteiger partial charge is 0.261 e. The number of Topliss-reactive ketones (excluding diaryl/α,β-unsaturated/α-hetero) is 1. The molecule has 2 aromatic carbocycles. The van der Waals surface area contributed by atoms with Gasteiger partial charge in [0.15, 0.2) is 0 Å². The van der Waals surface area contributed by atoms with E-state index in [2.05, 4.69) is 4.72 Å². The van der Waals surface area contributed by atoms with Crippen molar-refractivity contribution < 1.29 is 13.2 Å². The van der Waals surface area contributed by atoms with Gasteiger partial charge in [-0.2, -0.15) is 0 Å². The van der Waals surface area contributed by atoms with Gasteiger partial charge in [0.2, 0.25) is 0 Å². The van der Waals surface area contributed by atoms with Crippen LogP contribution >= 0.6 is 0 Å². The molecule has 0 radical (unpaired) electrons. The average molecular weight is 303 g/mol. The van der Waals surface area contributed by atoms with Crippen LogP contribution in [-0.2, 0) is 21.2 Å². The third-order valence-electron chi connectivity index (χ3n) is 3.03. The van der Waals surface area contributed by atoms with Crippen LogP contribution in [0.25, 0.3) is 0 Å². The summed E-state index contributed by atoms with van der Waals surface area (Å²) in [5.41, 5.74) is 1.51. The highest BCUT2D eigenvalue weighted by atomic mass is 32.2. The van der Waals surface area contributed by atoms with Crippen LogP contribution in [0.4, 0.5) is 5.69 Å². The van der Waals surface area contributed by atoms with Crippen molar-refractivity contribution in [1.29, 1.82) is 0 Å². The minimum absolute atomic E-state index is 0.142. The third-order valence-corrected chi connectivity index (χ3v) is 4.42. The number of ketones is 1. The van der Waals surface area contributed by atoms with E-state index >= 15 is 0 Å². The standard InChI is InChI=1S/C16H17NO3S/c1-13(18)7-8-14-9-11-15(12-10-14)17-21(19,20)16-5-3-2-4-6-16/h2-6,9-12,17H,7-8H2,1H3. The van der Waals surface area contributed by atoms with Gasteiger partial charge in [0.25, 0.3) is 10.0 Å². The summed E-state index contributed by atoms with van der Waals surface area (Å²) in [4.78, 5) is 11.2. The Morgan fingerprint density at radius 1 is 1.00 bits per heavy atom. The number of benzene rings is 2. The van der Waals surface area contributed by atoms with Crippen LogP contribution in [0.5, 0.6) is 0 Å². The SMILES string of the molecule is CC(=O)CCc1ccc(NS(=O)(=O)c2ccccc2)cc1. The number of carbonyl (C=O) groups is 1. The maximum atomic E-state index is 12.1. The molecule has 0 saturated heterocycles.